The molecule has 1 nitrogen and oxygen atoms in total. The highest BCUT2D eigenvalue weighted by Gasteiger charge is 2.52. The second kappa shape index (κ2) is 4.26. The van der Waals surface area contributed by atoms with Crippen LogP contribution >= 0.6 is 0 Å². The van der Waals surface area contributed by atoms with Gasteiger partial charge in [0.15, 0.2) is 0 Å². The van der Waals surface area contributed by atoms with Gasteiger partial charge in [-0.25, -0.2) is 0 Å². The van der Waals surface area contributed by atoms with Crippen molar-refractivity contribution in [3.8, 4) is 5.75 Å². The fourth-order valence-corrected chi connectivity index (χ4v) is 5.13. The highest BCUT2D eigenvalue weighted by Crippen LogP contribution is 2.56. The van der Waals surface area contributed by atoms with Crippen molar-refractivity contribution < 1.29 is 4.74 Å². The molecule has 4 saturated carbocycles. The average molecular weight is 255 g/mol. The predicted molar refractivity (Wildman–Crippen MR) is 77.0 cm³/mol. The number of hydrogen-bond acceptors (Lipinski definition) is 1. The monoisotopic (exact) mass is 255 g/mol. The Morgan fingerprint density at radius 2 is 1.47 bits per heavy atom. The molecule has 4 bridgehead atoms. The molecule has 1 aromatic rings. The van der Waals surface area contributed by atoms with Gasteiger partial charge in [0, 0.05) is 0 Å². The highest BCUT2D eigenvalue weighted by atomic mass is 16.5. The zero-order valence-electron chi connectivity index (χ0n) is 11.8. The minimum Gasteiger partial charge on any atom is -0.487 e. The summed E-state index contributed by atoms with van der Waals surface area (Å²) in [6.45, 7) is 2.08. The molecule has 0 N–H and O–H groups in total. The second-order valence-electron chi connectivity index (χ2n) is 7.06. The third-order valence-electron chi connectivity index (χ3n) is 5.53. The molecule has 1 aromatic carbocycles. The summed E-state index contributed by atoms with van der Waals surface area (Å²) in [6.07, 6.45) is 10.5. The van der Waals surface area contributed by atoms with E-state index < -0.39 is 0 Å². The Hall–Kier alpha value is -0.980. The van der Waals surface area contributed by atoms with Crippen molar-refractivity contribution in [1.82, 2.24) is 0 Å². The molecule has 4 aliphatic rings. The summed E-state index contributed by atoms with van der Waals surface area (Å²) in [7, 11) is 0. The van der Waals surface area contributed by atoms with E-state index in [1.54, 1.807) is 0 Å². The molecule has 0 spiro atoms. The van der Waals surface area contributed by atoms with Gasteiger partial charge >= 0.3 is 0 Å². The van der Waals surface area contributed by atoms with E-state index >= 15 is 0 Å². The first kappa shape index (κ1) is 11.8. The Balaban J connectivity index is 1.55. The smallest absolute Gasteiger partial charge is 0.120 e. The average Bonchev–Trinajstić information content (AvgIpc) is 2.37. The highest BCUT2D eigenvalue weighted by molar-refractivity contribution is 5.31. The Morgan fingerprint density at radius 1 is 0.947 bits per heavy atom. The molecule has 5 rings (SSSR count). The Bertz CT molecular complexity index is 424. The molecule has 0 saturated heterocycles. The quantitative estimate of drug-likeness (QED) is 0.766. The van der Waals surface area contributed by atoms with Crippen molar-refractivity contribution in [2.24, 2.45) is 17.8 Å². The fourth-order valence-electron chi connectivity index (χ4n) is 5.13. The molecule has 4 fully saturated rings. The van der Waals surface area contributed by atoms with Crippen LogP contribution in [0, 0.1) is 24.2 Å². The second-order valence-corrected chi connectivity index (χ2v) is 7.06. The van der Waals surface area contributed by atoms with E-state index in [0.717, 1.165) is 23.5 Å². The molecule has 1 heteroatoms. The minimum atomic E-state index is 0.187. The van der Waals surface area contributed by atoms with Crippen LogP contribution in [0.25, 0.3) is 0 Å². The molecule has 101 valence electrons. The molecule has 19 heavy (non-hydrogen) atoms. The van der Waals surface area contributed by atoms with Gasteiger partial charge in [-0.15, -0.1) is 0 Å². The summed E-state index contributed by atoms with van der Waals surface area (Å²) >= 11 is 0. The summed E-state index contributed by atoms with van der Waals surface area (Å²) in [6, 6.07) is 8.62. The van der Waals surface area contributed by atoms with Gasteiger partial charge in [-0.1, -0.05) is 19.1 Å². The first-order chi connectivity index (χ1) is 9.25. The Kier molecular flexibility index (Phi) is 2.65. The third-order valence-corrected chi connectivity index (χ3v) is 5.53. The van der Waals surface area contributed by atoms with E-state index in [9.17, 15) is 0 Å². The Morgan fingerprint density at radius 3 is 1.95 bits per heavy atom. The van der Waals surface area contributed by atoms with Crippen molar-refractivity contribution in [2.75, 3.05) is 0 Å². The van der Waals surface area contributed by atoms with Crippen LogP contribution in [0.4, 0.5) is 0 Å². The van der Waals surface area contributed by atoms with Crippen LogP contribution in [0.5, 0.6) is 5.75 Å². The molecule has 0 heterocycles. The lowest BCUT2D eigenvalue weighted by molar-refractivity contribution is -0.107. The van der Waals surface area contributed by atoms with Crippen LogP contribution in [0.1, 0.15) is 51.0 Å². The van der Waals surface area contributed by atoms with Gasteiger partial charge in [0.05, 0.1) is 0 Å². The van der Waals surface area contributed by atoms with Crippen molar-refractivity contribution in [2.45, 2.75) is 51.0 Å². The lowest BCUT2D eigenvalue weighted by Gasteiger charge is -2.56. The molecule has 4 aliphatic carbocycles. The van der Waals surface area contributed by atoms with Crippen LogP contribution in [0.2, 0.25) is 0 Å². The number of benzene rings is 1. The van der Waals surface area contributed by atoms with E-state index in [0.29, 0.717) is 0 Å². The van der Waals surface area contributed by atoms with Gasteiger partial charge in [0.1, 0.15) is 11.4 Å². The molecule has 0 aromatic heterocycles. The van der Waals surface area contributed by atoms with Crippen LogP contribution < -0.4 is 4.74 Å². The van der Waals surface area contributed by atoms with Gasteiger partial charge < -0.3 is 4.74 Å². The van der Waals surface area contributed by atoms with Crippen LogP contribution in [0.15, 0.2) is 24.3 Å². The first-order valence-corrected chi connectivity index (χ1v) is 7.83. The normalized spacial score (nSPS) is 39.5. The lowest BCUT2D eigenvalue weighted by atomic mass is 9.54. The number of rotatable bonds is 3. The minimum absolute atomic E-state index is 0.187. The summed E-state index contributed by atoms with van der Waals surface area (Å²) in [4.78, 5) is 0. The summed E-state index contributed by atoms with van der Waals surface area (Å²) in [5.74, 6) is 3.94. The third kappa shape index (κ3) is 2.07. The molecular formula is C18H23O. The predicted octanol–water partition coefficient (Wildman–Crippen LogP) is 4.61. The van der Waals surface area contributed by atoms with Crippen LogP contribution in [0.3, 0.4) is 0 Å². The maximum atomic E-state index is 6.50. The first-order valence-electron chi connectivity index (χ1n) is 7.83. The van der Waals surface area contributed by atoms with Gasteiger partial charge in [-0.3, -0.25) is 0 Å². The summed E-state index contributed by atoms with van der Waals surface area (Å²) in [5, 5.41) is 0. The van der Waals surface area contributed by atoms with E-state index in [2.05, 4.69) is 37.6 Å². The number of hydrogen-bond donors (Lipinski definition) is 0. The van der Waals surface area contributed by atoms with E-state index in [-0.39, 0.29) is 5.60 Å². The largest absolute Gasteiger partial charge is 0.487 e. The molecule has 0 amide bonds. The van der Waals surface area contributed by atoms with Crippen molar-refractivity contribution in [3.63, 3.8) is 0 Å². The molecule has 1 radical (unpaired) electrons. The summed E-state index contributed by atoms with van der Waals surface area (Å²) in [5.41, 5.74) is 1.46. The molecule has 0 aliphatic heterocycles. The van der Waals surface area contributed by atoms with Crippen LogP contribution in [-0.4, -0.2) is 5.60 Å². The molecule has 0 atom stereocenters. The van der Waals surface area contributed by atoms with E-state index in [1.807, 2.05) is 0 Å². The standard InChI is InChI=1S/C18H23O/c1-2-13-3-5-17(6-4-13)19-18-10-14-7-15(11-18)9-16(8-14)12-18/h2-6,14-16H,7-12H2,1H3. The molecular weight excluding hydrogens is 232 g/mol. The maximum Gasteiger partial charge on any atom is 0.120 e. The van der Waals surface area contributed by atoms with Crippen molar-refractivity contribution >= 4 is 0 Å². The van der Waals surface area contributed by atoms with Gasteiger partial charge in [-0.2, -0.15) is 0 Å². The SMILES string of the molecule is C[CH]c1ccc(OC23CC4CC(CC(C4)C2)C3)cc1. The van der Waals surface area contributed by atoms with Gasteiger partial charge in [0.25, 0.3) is 0 Å². The lowest BCUT2D eigenvalue weighted by Crippen LogP contribution is -2.53. The van der Waals surface area contributed by atoms with E-state index in [1.165, 1.54) is 44.1 Å². The van der Waals surface area contributed by atoms with Crippen molar-refractivity contribution in [1.29, 1.82) is 0 Å². The van der Waals surface area contributed by atoms with Gasteiger partial charge in [0.2, 0.25) is 0 Å². The zero-order valence-corrected chi connectivity index (χ0v) is 11.8. The van der Waals surface area contributed by atoms with Crippen LogP contribution in [-0.2, 0) is 0 Å². The topological polar surface area (TPSA) is 9.23 Å². The fraction of sp³-hybridized carbons (Fsp3) is 0.611. The van der Waals surface area contributed by atoms with E-state index in [4.69, 9.17) is 4.74 Å². The summed E-state index contributed by atoms with van der Waals surface area (Å²) < 4.78 is 6.50. The molecule has 0 unspecified atom stereocenters. The maximum absolute atomic E-state index is 6.50. The Labute approximate surface area is 116 Å². The number of ether oxygens (including phenoxy) is 1. The van der Waals surface area contributed by atoms with Gasteiger partial charge in [-0.05, 0) is 80.4 Å². The zero-order chi connectivity index (χ0) is 12.9. The van der Waals surface area contributed by atoms with Crippen molar-refractivity contribution in [3.05, 3.63) is 36.2 Å².